The molecule has 0 fully saturated rings. The largest absolute Gasteiger partial charge is 0.492 e. The molecule has 7 nitrogen and oxygen atoms in total. The summed E-state index contributed by atoms with van der Waals surface area (Å²) in [6.45, 7) is 1.11. The molecule has 0 aliphatic carbocycles. The van der Waals surface area contributed by atoms with Crippen molar-refractivity contribution in [1.82, 2.24) is 9.36 Å². The monoisotopic (exact) mass is 201 g/mol. The number of nitroso groups, excluding NO2 is 1. The molecule has 1 aliphatic heterocycles. The first kappa shape index (κ1) is 10.5. The van der Waals surface area contributed by atoms with Crippen LogP contribution in [-0.2, 0) is 13.1 Å². The third kappa shape index (κ3) is 1.22. The average Bonchev–Trinajstić information content (AvgIpc) is 2.41. The Morgan fingerprint density at radius 2 is 1.79 bits per heavy atom. The summed E-state index contributed by atoms with van der Waals surface area (Å²) in [5.74, 6) is -0.306. The lowest BCUT2D eigenvalue weighted by Gasteiger charge is -2.16. The van der Waals surface area contributed by atoms with Gasteiger partial charge in [0.25, 0.3) is 5.56 Å². The maximum atomic E-state index is 11.4. The molecule has 1 aliphatic rings. The molecule has 14 heavy (non-hydrogen) atoms. The summed E-state index contributed by atoms with van der Waals surface area (Å²) in [6.07, 6.45) is 1.79. The van der Waals surface area contributed by atoms with Crippen LogP contribution < -0.4 is 5.56 Å². The SMILES string of the molecule is O.O=Nc1c(O)n2n(c1=O)CCCC2. The third-order valence-electron chi connectivity index (χ3n) is 2.27. The third-order valence-corrected chi connectivity index (χ3v) is 2.27. The zero-order valence-electron chi connectivity index (χ0n) is 7.43. The normalized spacial score (nSPS) is 14.3. The van der Waals surface area contributed by atoms with Gasteiger partial charge >= 0.3 is 0 Å². The zero-order chi connectivity index (χ0) is 9.42. The van der Waals surface area contributed by atoms with Gasteiger partial charge in [0.1, 0.15) is 0 Å². The number of hydrogen-bond donors (Lipinski definition) is 1. The van der Waals surface area contributed by atoms with Crippen molar-refractivity contribution < 1.29 is 10.6 Å². The second-order valence-electron chi connectivity index (χ2n) is 3.02. The van der Waals surface area contributed by atoms with Crippen molar-refractivity contribution in [3.05, 3.63) is 15.3 Å². The van der Waals surface area contributed by atoms with E-state index in [1.807, 2.05) is 0 Å². The van der Waals surface area contributed by atoms with Gasteiger partial charge in [-0.3, -0.25) is 4.79 Å². The molecule has 0 spiro atoms. The van der Waals surface area contributed by atoms with Crippen molar-refractivity contribution in [3.8, 4) is 5.88 Å². The highest BCUT2D eigenvalue weighted by molar-refractivity contribution is 5.44. The van der Waals surface area contributed by atoms with Gasteiger partial charge in [0.05, 0.1) is 0 Å². The highest BCUT2D eigenvalue weighted by atomic mass is 16.3. The Morgan fingerprint density at radius 1 is 1.21 bits per heavy atom. The Morgan fingerprint density at radius 3 is 2.29 bits per heavy atom. The minimum absolute atomic E-state index is 0. The highest BCUT2D eigenvalue weighted by Gasteiger charge is 2.21. The summed E-state index contributed by atoms with van der Waals surface area (Å²) in [6, 6.07) is 0. The van der Waals surface area contributed by atoms with Crippen LogP contribution in [0.5, 0.6) is 5.88 Å². The van der Waals surface area contributed by atoms with Crippen molar-refractivity contribution in [2.24, 2.45) is 5.18 Å². The lowest BCUT2D eigenvalue weighted by atomic mass is 10.3. The fraction of sp³-hybridized carbons (Fsp3) is 0.571. The second kappa shape index (κ2) is 3.62. The molecule has 1 aromatic rings. The predicted molar refractivity (Wildman–Crippen MR) is 48.7 cm³/mol. The first-order valence-corrected chi connectivity index (χ1v) is 4.11. The molecule has 0 aromatic carbocycles. The van der Waals surface area contributed by atoms with E-state index in [0.717, 1.165) is 12.8 Å². The molecular formula is C7H11N3O4. The highest BCUT2D eigenvalue weighted by Crippen LogP contribution is 2.24. The van der Waals surface area contributed by atoms with Crippen molar-refractivity contribution in [1.29, 1.82) is 0 Å². The van der Waals surface area contributed by atoms with Gasteiger partial charge < -0.3 is 10.6 Å². The topological polar surface area (TPSA) is 108 Å². The molecule has 0 radical (unpaired) electrons. The number of nitrogens with zero attached hydrogens (tertiary/aromatic N) is 3. The molecule has 0 atom stereocenters. The van der Waals surface area contributed by atoms with E-state index in [1.54, 1.807) is 0 Å². The van der Waals surface area contributed by atoms with E-state index in [2.05, 4.69) is 5.18 Å². The first-order chi connectivity index (χ1) is 6.25. The van der Waals surface area contributed by atoms with Crippen molar-refractivity contribution >= 4 is 5.69 Å². The molecule has 0 unspecified atom stereocenters. The van der Waals surface area contributed by atoms with Crippen LogP contribution in [0.2, 0.25) is 0 Å². The van der Waals surface area contributed by atoms with Gasteiger partial charge in [-0.2, -0.15) is 0 Å². The summed E-state index contributed by atoms with van der Waals surface area (Å²) in [4.78, 5) is 21.6. The Balaban J connectivity index is 0.000000980. The maximum Gasteiger partial charge on any atom is 0.300 e. The van der Waals surface area contributed by atoms with Crippen LogP contribution >= 0.6 is 0 Å². The van der Waals surface area contributed by atoms with Gasteiger partial charge in [-0.15, -0.1) is 4.91 Å². The maximum absolute atomic E-state index is 11.4. The Labute approximate surface area is 78.8 Å². The summed E-state index contributed by atoms with van der Waals surface area (Å²) >= 11 is 0. The van der Waals surface area contributed by atoms with Crippen molar-refractivity contribution in [3.63, 3.8) is 0 Å². The molecule has 1 aromatic heterocycles. The molecular weight excluding hydrogens is 190 g/mol. The molecule has 0 bridgehead atoms. The van der Waals surface area contributed by atoms with E-state index in [1.165, 1.54) is 9.36 Å². The molecule has 7 heteroatoms. The number of aromatic hydroxyl groups is 1. The van der Waals surface area contributed by atoms with Crippen LogP contribution in [0.4, 0.5) is 5.69 Å². The molecule has 2 rings (SSSR count). The quantitative estimate of drug-likeness (QED) is 0.631. The van der Waals surface area contributed by atoms with E-state index < -0.39 is 5.56 Å². The van der Waals surface area contributed by atoms with Gasteiger partial charge in [0.2, 0.25) is 11.6 Å². The van der Waals surface area contributed by atoms with Gasteiger partial charge in [-0.1, -0.05) is 0 Å². The molecule has 0 saturated heterocycles. The van der Waals surface area contributed by atoms with Crippen LogP contribution in [-0.4, -0.2) is 19.9 Å². The van der Waals surface area contributed by atoms with Crippen molar-refractivity contribution in [2.75, 3.05) is 0 Å². The zero-order valence-corrected chi connectivity index (χ0v) is 7.43. The Kier molecular flexibility index (Phi) is 2.70. The Hall–Kier alpha value is -1.63. The average molecular weight is 201 g/mol. The van der Waals surface area contributed by atoms with Gasteiger partial charge in [0.15, 0.2) is 0 Å². The molecule has 3 N–H and O–H groups in total. The minimum Gasteiger partial charge on any atom is -0.492 e. The summed E-state index contributed by atoms with van der Waals surface area (Å²) in [5.41, 5.74) is -0.867. The number of rotatable bonds is 1. The number of hydrogen-bond acceptors (Lipinski definition) is 4. The molecule has 0 saturated carbocycles. The van der Waals surface area contributed by atoms with E-state index in [0.29, 0.717) is 13.1 Å². The Bertz CT molecular complexity index is 406. The first-order valence-electron chi connectivity index (χ1n) is 4.11. The van der Waals surface area contributed by atoms with E-state index in [9.17, 15) is 14.8 Å². The van der Waals surface area contributed by atoms with Crippen LogP contribution in [0.15, 0.2) is 9.97 Å². The lowest BCUT2D eigenvalue weighted by Crippen LogP contribution is -2.26. The second-order valence-corrected chi connectivity index (χ2v) is 3.02. The summed E-state index contributed by atoms with van der Waals surface area (Å²) < 4.78 is 2.76. The van der Waals surface area contributed by atoms with Crippen molar-refractivity contribution in [2.45, 2.75) is 25.9 Å². The molecule has 0 amide bonds. The van der Waals surface area contributed by atoms with Gasteiger partial charge in [-0.25, -0.2) is 9.36 Å². The minimum atomic E-state index is -0.493. The van der Waals surface area contributed by atoms with E-state index in [-0.39, 0.29) is 17.0 Å². The van der Waals surface area contributed by atoms with E-state index >= 15 is 0 Å². The van der Waals surface area contributed by atoms with Crippen LogP contribution in [0.25, 0.3) is 0 Å². The fourth-order valence-electron chi connectivity index (χ4n) is 1.62. The van der Waals surface area contributed by atoms with Crippen LogP contribution in [0, 0.1) is 4.91 Å². The molecule has 2 heterocycles. The smallest absolute Gasteiger partial charge is 0.300 e. The van der Waals surface area contributed by atoms with Crippen LogP contribution in [0.1, 0.15) is 12.8 Å². The van der Waals surface area contributed by atoms with Gasteiger partial charge in [0, 0.05) is 13.1 Å². The number of fused-ring (bicyclic) bond motifs is 1. The van der Waals surface area contributed by atoms with Gasteiger partial charge in [-0.05, 0) is 18.0 Å². The fourth-order valence-corrected chi connectivity index (χ4v) is 1.62. The molecule has 78 valence electrons. The van der Waals surface area contributed by atoms with Crippen LogP contribution in [0.3, 0.4) is 0 Å². The predicted octanol–water partition coefficient (Wildman–Crippen LogP) is -0.278. The number of aromatic nitrogens is 2. The lowest BCUT2D eigenvalue weighted by molar-refractivity contribution is 0.305. The summed E-state index contributed by atoms with van der Waals surface area (Å²) in [7, 11) is 0. The standard InChI is InChI=1S/C7H9N3O3.H2O/c11-6-5(8-13)7(12)10-4-2-1-3-9(6)10;/h11H,1-4H2;1H2. The summed E-state index contributed by atoms with van der Waals surface area (Å²) in [5, 5.41) is 11.9. The van der Waals surface area contributed by atoms with E-state index in [4.69, 9.17) is 0 Å².